The third-order valence-electron chi connectivity index (χ3n) is 1.79. The molecule has 0 saturated carbocycles. The first-order valence-electron chi connectivity index (χ1n) is 4.30. The molecule has 0 aromatic heterocycles. The number of carbonyl (C=O) groups excluding carboxylic acids is 1. The largest absolute Gasteiger partial charge is 0.340 e. The summed E-state index contributed by atoms with van der Waals surface area (Å²) in [5.74, 6) is 0. The maximum atomic E-state index is 10.6. The first-order valence-corrected chi connectivity index (χ1v) is 4.30. The highest BCUT2D eigenvalue weighted by molar-refractivity contribution is 5.47. The van der Waals surface area contributed by atoms with E-state index in [2.05, 4.69) is 0 Å². The smallest absolute Gasteiger partial charge is 0.210 e. The van der Waals surface area contributed by atoms with Gasteiger partial charge in [-0.3, -0.25) is 4.79 Å². The Bertz CT molecular complexity index is 248. The van der Waals surface area contributed by atoms with Gasteiger partial charge in [0, 0.05) is 19.6 Å². The van der Waals surface area contributed by atoms with Crippen molar-refractivity contribution in [1.82, 2.24) is 4.90 Å². The Kier molecular flexibility index (Phi) is 3.99. The fraction of sp³-hybridized carbons (Fsp3) is 0.300. The van der Waals surface area contributed by atoms with Crippen LogP contribution in [0.1, 0.15) is 5.56 Å². The Morgan fingerprint density at radius 1 is 1.31 bits per heavy atom. The Morgan fingerprint density at radius 3 is 2.54 bits per heavy atom. The first-order chi connectivity index (χ1) is 6.36. The molecule has 0 saturated heterocycles. The summed E-state index contributed by atoms with van der Waals surface area (Å²) in [6.45, 7) is 1.76. The molecule has 0 fully saturated rings. The van der Waals surface area contributed by atoms with Crippen LogP contribution in [0.15, 0.2) is 30.3 Å². The van der Waals surface area contributed by atoms with Crippen LogP contribution < -0.4 is 5.73 Å². The van der Waals surface area contributed by atoms with Crippen LogP contribution in [0.2, 0.25) is 0 Å². The van der Waals surface area contributed by atoms with Crippen LogP contribution in [-0.2, 0) is 11.3 Å². The topological polar surface area (TPSA) is 46.3 Å². The van der Waals surface area contributed by atoms with Crippen LogP contribution in [0.25, 0.3) is 0 Å². The van der Waals surface area contributed by atoms with Gasteiger partial charge in [-0.05, 0) is 5.56 Å². The summed E-state index contributed by atoms with van der Waals surface area (Å²) in [5, 5.41) is 0. The molecule has 0 unspecified atom stereocenters. The Morgan fingerprint density at radius 2 is 2.00 bits per heavy atom. The van der Waals surface area contributed by atoms with Gasteiger partial charge in [-0.15, -0.1) is 0 Å². The van der Waals surface area contributed by atoms with E-state index in [1.165, 1.54) is 0 Å². The number of benzene rings is 1. The predicted molar refractivity (Wildman–Crippen MR) is 52.0 cm³/mol. The lowest BCUT2D eigenvalue weighted by Gasteiger charge is -2.15. The minimum absolute atomic E-state index is 0.506. The summed E-state index contributed by atoms with van der Waals surface area (Å²) in [4.78, 5) is 12.2. The second-order valence-electron chi connectivity index (χ2n) is 2.85. The lowest BCUT2D eigenvalue weighted by Crippen LogP contribution is -2.27. The van der Waals surface area contributed by atoms with Crippen LogP contribution in [-0.4, -0.2) is 24.4 Å². The van der Waals surface area contributed by atoms with Crippen molar-refractivity contribution in [2.24, 2.45) is 5.73 Å². The quantitative estimate of drug-likeness (QED) is 0.671. The fourth-order valence-corrected chi connectivity index (χ4v) is 1.15. The van der Waals surface area contributed by atoms with Gasteiger partial charge in [0.15, 0.2) is 0 Å². The summed E-state index contributed by atoms with van der Waals surface area (Å²) in [6.07, 6.45) is 0.833. The molecule has 1 aromatic rings. The molecule has 0 radical (unpaired) electrons. The van der Waals surface area contributed by atoms with Crippen molar-refractivity contribution in [1.29, 1.82) is 0 Å². The van der Waals surface area contributed by atoms with Crippen molar-refractivity contribution in [3.05, 3.63) is 35.9 Å². The molecular weight excluding hydrogens is 164 g/mol. The van der Waals surface area contributed by atoms with Gasteiger partial charge in [-0.1, -0.05) is 30.3 Å². The van der Waals surface area contributed by atoms with Gasteiger partial charge in [-0.25, -0.2) is 0 Å². The molecule has 0 bridgehead atoms. The van der Waals surface area contributed by atoms with E-state index in [0.717, 1.165) is 12.0 Å². The fourth-order valence-electron chi connectivity index (χ4n) is 1.15. The number of carbonyl (C=O) groups is 1. The number of nitrogens with two attached hydrogens (primary N) is 1. The maximum Gasteiger partial charge on any atom is 0.210 e. The van der Waals surface area contributed by atoms with Crippen LogP contribution >= 0.6 is 0 Å². The highest BCUT2D eigenvalue weighted by Gasteiger charge is 1.99. The van der Waals surface area contributed by atoms with E-state index in [9.17, 15) is 4.79 Å². The molecule has 0 aliphatic carbocycles. The van der Waals surface area contributed by atoms with Crippen LogP contribution in [0, 0.1) is 0 Å². The van der Waals surface area contributed by atoms with E-state index < -0.39 is 0 Å². The normalized spacial score (nSPS) is 9.62. The molecule has 1 rings (SSSR count). The van der Waals surface area contributed by atoms with Crippen molar-refractivity contribution in [3.8, 4) is 0 Å². The van der Waals surface area contributed by atoms with Gasteiger partial charge in [0.25, 0.3) is 0 Å². The third kappa shape index (κ3) is 3.25. The van der Waals surface area contributed by atoms with Crippen molar-refractivity contribution >= 4 is 6.41 Å². The van der Waals surface area contributed by atoms with Crippen molar-refractivity contribution < 1.29 is 4.79 Å². The number of hydrogen-bond donors (Lipinski definition) is 1. The summed E-state index contributed by atoms with van der Waals surface area (Å²) in [5.41, 5.74) is 6.49. The summed E-state index contributed by atoms with van der Waals surface area (Å²) in [7, 11) is 0. The zero-order valence-corrected chi connectivity index (χ0v) is 7.52. The van der Waals surface area contributed by atoms with E-state index in [0.29, 0.717) is 19.6 Å². The molecule has 1 amide bonds. The predicted octanol–water partition coefficient (Wildman–Crippen LogP) is 0.604. The lowest BCUT2D eigenvalue weighted by atomic mass is 10.2. The van der Waals surface area contributed by atoms with Gasteiger partial charge in [0.05, 0.1) is 0 Å². The van der Waals surface area contributed by atoms with E-state index in [1.807, 2.05) is 30.3 Å². The maximum absolute atomic E-state index is 10.6. The number of nitrogens with zero attached hydrogens (tertiary/aromatic N) is 1. The third-order valence-corrected chi connectivity index (χ3v) is 1.79. The molecule has 0 spiro atoms. The highest BCUT2D eigenvalue weighted by Crippen LogP contribution is 2.01. The van der Waals surface area contributed by atoms with Crippen molar-refractivity contribution in [2.75, 3.05) is 13.1 Å². The van der Waals surface area contributed by atoms with Gasteiger partial charge in [-0.2, -0.15) is 0 Å². The molecule has 3 nitrogen and oxygen atoms in total. The SMILES string of the molecule is NCCN(C=O)Cc1ccccc1. The molecule has 0 atom stereocenters. The standard InChI is InChI=1S/C10H14N2O/c11-6-7-12(9-13)8-10-4-2-1-3-5-10/h1-5,9H,6-8,11H2. The first kappa shape index (κ1) is 9.74. The zero-order valence-electron chi connectivity index (χ0n) is 7.52. The Balaban J connectivity index is 2.51. The van der Waals surface area contributed by atoms with Crippen molar-refractivity contribution in [2.45, 2.75) is 6.54 Å². The number of rotatable bonds is 5. The second-order valence-corrected chi connectivity index (χ2v) is 2.85. The highest BCUT2D eigenvalue weighted by atomic mass is 16.1. The van der Waals surface area contributed by atoms with E-state index in [1.54, 1.807) is 4.90 Å². The van der Waals surface area contributed by atoms with Crippen molar-refractivity contribution in [3.63, 3.8) is 0 Å². The second kappa shape index (κ2) is 5.32. The average Bonchev–Trinajstić information content (AvgIpc) is 2.19. The average molecular weight is 178 g/mol. The van der Waals surface area contributed by atoms with Gasteiger partial charge >= 0.3 is 0 Å². The molecule has 0 heterocycles. The van der Waals surface area contributed by atoms with Crippen LogP contribution in [0.5, 0.6) is 0 Å². The Labute approximate surface area is 78.2 Å². The molecule has 3 heteroatoms. The number of hydrogen-bond acceptors (Lipinski definition) is 2. The van der Waals surface area contributed by atoms with E-state index in [-0.39, 0.29) is 0 Å². The molecule has 1 aromatic carbocycles. The number of amides is 1. The minimum atomic E-state index is 0.506. The summed E-state index contributed by atoms with van der Waals surface area (Å²) in [6, 6.07) is 9.86. The van der Waals surface area contributed by atoms with E-state index >= 15 is 0 Å². The molecular formula is C10H14N2O. The summed E-state index contributed by atoms with van der Waals surface area (Å²) < 4.78 is 0. The molecule has 2 N–H and O–H groups in total. The lowest BCUT2D eigenvalue weighted by molar-refractivity contribution is -0.118. The van der Waals surface area contributed by atoms with Gasteiger partial charge < -0.3 is 10.6 Å². The monoisotopic (exact) mass is 178 g/mol. The molecule has 0 aliphatic rings. The molecule has 0 aliphatic heterocycles. The minimum Gasteiger partial charge on any atom is -0.340 e. The van der Waals surface area contributed by atoms with Gasteiger partial charge in [0.1, 0.15) is 0 Å². The van der Waals surface area contributed by atoms with Crippen LogP contribution in [0.3, 0.4) is 0 Å². The molecule has 13 heavy (non-hydrogen) atoms. The van der Waals surface area contributed by atoms with Crippen LogP contribution in [0.4, 0.5) is 0 Å². The van der Waals surface area contributed by atoms with Gasteiger partial charge in [0.2, 0.25) is 6.41 Å². The zero-order chi connectivity index (χ0) is 9.52. The summed E-state index contributed by atoms with van der Waals surface area (Å²) >= 11 is 0. The van der Waals surface area contributed by atoms with E-state index in [4.69, 9.17) is 5.73 Å². The Hall–Kier alpha value is -1.35. The molecule has 70 valence electrons.